The van der Waals surface area contributed by atoms with E-state index in [-0.39, 0.29) is 12.1 Å². The Hall–Kier alpha value is -0.330. The zero-order valence-corrected chi connectivity index (χ0v) is 16.1. The summed E-state index contributed by atoms with van der Waals surface area (Å²) in [6.07, 6.45) is -0.393. The first-order chi connectivity index (χ1) is 9.14. The highest BCUT2D eigenvalue weighted by atomic mass is 31.2. The predicted molar refractivity (Wildman–Crippen MR) is 82.4 cm³/mol. The lowest BCUT2D eigenvalue weighted by Crippen LogP contribution is -2.55. The summed E-state index contributed by atoms with van der Waals surface area (Å²) in [5.74, 6) is 0. The summed E-state index contributed by atoms with van der Waals surface area (Å²) in [5.41, 5.74) is -0.305. The smallest absolute Gasteiger partial charge is 0.268 e. The van der Waals surface area contributed by atoms with Gasteiger partial charge in [-0.05, 0) is 32.8 Å². The van der Waals surface area contributed by atoms with E-state index in [0.717, 1.165) is 0 Å². The highest BCUT2D eigenvalue weighted by Crippen LogP contribution is 2.41. The van der Waals surface area contributed by atoms with E-state index in [1.54, 1.807) is 25.6 Å². The Balaban J connectivity index is 0. The number of phosphoric ester groups is 1. The van der Waals surface area contributed by atoms with Crippen molar-refractivity contribution in [1.29, 1.82) is 0 Å². The Morgan fingerprint density at radius 3 is 1.90 bits per heavy atom. The van der Waals surface area contributed by atoms with Crippen LogP contribution in [-0.4, -0.2) is 69.7 Å². The van der Waals surface area contributed by atoms with Crippen LogP contribution in [0.25, 0.3) is 0 Å². The molecule has 0 amide bonds. The van der Waals surface area contributed by atoms with E-state index in [1.807, 2.05) is 49.1 Å². The van der Waals surface area contributed by atoms with E-state index >= 15 is 0 Å². The molecular weight excluding hydrogens is 293 g/mol. The summed E-state index contributed by atoms with van der Waals surface area (Å²) in [5, 5.41) is 3.72. The molecule has 8 heteroatoms. The third-order valence-electron chi connectivity index (χ3n) is 3.13. The van der Waals surface area contributed by atoms with Gasteiger partial charge in [0.25, 0.3) is 7.82 Å². The quantitative estimate of drug-likeness (QED) is 0.322. The van der Waals surface area contributed by atoms with Gasteiger partial charge in [-0.25, -0.2) is 0 Å². The second-order valence-corrected chi connectivity index (χ2v) is 8.11. The van der Waals surface area contributed by atoms with Crippen LogP contribution in [0.4, 0.5) is 0 Å². The maximum absolute atomic E-state index is 11.4. The van der Waals surface area contributed by atoms with Crippen molar-refractivity contribution in [2.24, 2.45) is 5.11 Å². The average Bonchev–Trinajstić information content (AvgIpc) is 2.24. The van der Waals surface area contributed by atoms with Gasteiger partial charge < -0.3 is 18.4 Å². The van der Waals surface area contributed by atoms with Gasteiger partial charge in [-0.3, -0.25) is 4.57 Å². The van der Waals surface area contributed by atoms with Gasteiger partial charge in [0.1, 0.15) is 12.1 Å². The van der Waals surface area contributed by atoms with E-state index in [2.05, 4.69) is 5.11 Å². The van der Waals surface area contributed by atoms with Crippen molar-refractivity contribution in [2.45, 2.75) is 39.3 Å². The molecule has 0 rings (SSSR count). The molecule has 0 aromatic rings. The minimum Gasteiger partial charge on any atom is -0.756 e. The van der Waals surface area contributed by atoms with Crippen LogP contribution in [0.2, 0.25) is 0 Å². The molecule has 7 nitrogen and oxygen atoms in total. The molecule has 0 spiro atoms. The highest BCUT2D eigenvalue weighted by molar-refractivity contribution is 7.45. The standard InChI is InChI=1S/C10H24NO4P.C3H9N2/c1-9(2)15-16(12,13)14-8-10(3,4)11(5,6)7;1-4-5(2)3/h9H,8H2,1-7H3;1-3H3/q;+1. The topological polar surface area (TPSA) is 74.0 Å². The van der Waals surface area contributed by atoms with Crippen LogP contribution in [0.15, 0.2) is 5.11 Å². The first kappa shape index (κ1) is 22.9. The van der Waals surface area contributed by atoms with Crippen LogP contribution in [0, 0.1) is 0 Å². The number of rotatable bonds is 6. The van der Waals surface area contributed by atoms with Crippen LogP contribution in [0.3, 0.4) is 0 Å². The summed E-state index contributed by atoms with van der Waals surface area (Å²) >= 11 is 0. The monoisotopic (exact) mass is 326 g/mol. The highest BCUT2D eigenvalue weighted by Gasteiger charge is 2.34. The van der Waals surface area contributed by atoms with Crippen LogP contribution in [-0.2, 0) is 13.6 Å². The van der Waals surface area contributed by atoms with Crippen LogP contribution in [0.5, 0.6) is 0 Å². The van der Waals surface area contributed by atoms with Crippen molar-refractivity contribution in [1.82, 2.24) is 0 Å². The number of nitrogens with zero attached hydrogens (tertiary/aromatic N) is 3. The molecule has 0 aromatic heterocycles. The van der Waals surface area contributed by atoms with E-state index in [9.17, 15) is 9.46 Å². The Kier molecular flexibility index (Phi) is 9.78. The van der Waals surface area contributed by atoms with Gasteiger partial charge >= 0.3 is 0 Å². The van der Waals surface area contributed by atoms with E-state index < -0.39 is 13.9 Å². The molecule has 21 heavy (non-hydrogen) atoms. The normalized spacial score (nSPS) is 15.0. The fourth-order valence-electron chi connectivity index (χ4n) is 0.719. The Bertz CT molecular complexity index is 372. The van der Waals surface area contributed by atoms with Crippen LogP contribution < -0.4 is 4.89 Å². The second-order valence-electron chi connectivity index (χ2n) is 6.75. The Morgan fingerprint density at radius 1 is 1.29 bits per heavy atom. The third kappa shape index (κ3) is 12.0. The first-order valence-electron chi connectivity index (χ1n) is 6.87. The number of hydrogen-bond donors (Lipinski definition) is 0. The molecule has 0 radical (unpaired) electrons. The number of likely N-dealkylation sites (N-methyl/N-ethyl adjacent to an activating group) is 1. The van der Waals surface area contributed by atoms with E-state index in [1.165, 1.54) is 0 Å². The van der Waals surface area contributed by atoms with E-state index in [0.29, 0.717) is 4.48 Å². The molecule has 0 aliphatic rings. The van der Waals surface area contributed by atoms with Crippen molar-refractivity contribution in [3.63, 3.8) is 0 Å². The minimum atomic E-state index is -4.17. The maximum Gasteiger partial charge on any atom is 0.268 e. The average molecular weight is 326 g/mol. The lowest BCUT2D eigenvalue weighted by molar-refractivity contribution is -0.919. The molecule has 0 N–H and O–H groups in total. The lowest BCUT2D eigenvalue weighted by Gasteiger charge is -2.42. The molecule has 0 bridgehead atoms. The molecular formula is C13H33N3O4P+. The Labute approximate surface area is 129 Å². The summed E-state index contributed by atoms with van der Waals surface area (Å²) in [6, 6.07) is 0. The van der Waals surface area contributed by atoms with Crippen molar-refractivity contribution in [3.8, 4) is 0 Å². The maximum atomic E-state index is 11.4. The first-order valence-corrected chi connectivity index (χ1v) is 8.33. The van der Waals surface area contributed by atoms with Gasteiger partial charge in [0.15, 0.2) is 14.1 Å². The number of hydrogen-bond acceptors (Lipinski definition) is 5. The lowest BCUT2D eigenvalue weighted by atomic mass is 10.0. The molecule has 128 valence electrons. The van der Waals surface area contributed by atoms with Crippen molar-refractivity contribution in [2.75, 3.05) is 48.9 Å². The fraction of sp³-hybridized carbons (Fsp3) is 1.00. The van der Waals surface area contributed by atoms with Gasteiger partial charge in [0, 0.05) is 0 Å². The largest absolute Gasteiger partial charge is 0.756 e. The SMILES string of the molecule is CC(C)OP(=O)([O-])OCC(C)(C)[N+](C)(C)C.CN=[N+](C)C. The van der Waals surface area contributed by atoms with Gasteiger partial charge in [-0.2, -0.15) is 0 Å². The molecule has 0 heterocycles. The van der Waals surface area contributed by atoms with Gasteiger partial charge in [0.2, 0.25) is 0 Å². The summed E-state index contributed by atoms with van der Waals surface area (Å²) < 4.78 is 23.4. The zero-order chi connectivity index (χ0) is 17.5. The van der Waals surface area contributed by atoms with Crippen molar-refractivity contribution >= 4 is 7.82 Å². The van der Waals surface area contributed by atoms with E-state index in [4.69, 9.17) is 9.05 Å². The number of azo groups is 2. The predicted octanol–water partition coefficient (Wildman–Crippen LogP) is 1.72. The summed E-state index contributed by atoms with van der Waals surface area (Å²) in [6.45, 7) is 7.30. The van der Waals surface area contributed by atoms with Gasteiger partial charge in [-0.15, -0.1) is 4.70 Å². The molecule has 0 aromatic carbocycles. The van der Waals surface area contributed by atoms with Gasteiger partial charge in [-0.1, -0.05) is 0 Å². The minimum absolute atomic E-state index is 0.101. The summed E-state index contributed by atoms with van der Waals surface area (Å²) in [4.78, 5) is 11.4. The molecule has 1 atom stereocenters. The Morgan fingerprint density at radius 2 is 1.67 bits per heavy atom. The second kappa shape index (κ2) is 8.96. The molecule has 0 aliphatic heterocycles. The molecule has 0 aliphatic carbocycles. The molecule has 0 fully saturated rings. The molecule has 1 unspecified atom stereocenters. The van der Waals surface area contributed by atoms with Crippen LogP contribution in [0.1, 0.15) is 27.7 Å². The van der Waals surface area contributed by atoms with Crippen molar-refractivity contribution in [3.05, 3.63) is 0 Å². The fourth-order valence-corrected chi connectivity index (χ4v) is 1.77. The molecule has 0 saturated carbocycles. The summed E-state index contributed by atoms with van der Waals surface area (Å²) in [7, 11) is 7.32. The van der Waals surface area contributed by atoms with Crippen molar-refractivity contribution < 1.29 is 27.7 Å². The number of phosphoric acid groups is 1. The van der Waals surface area contributed by atoms with Crippen LogP contribution >= 0.6 is 7.82 Å². The number of quaternary nitrogens is 1. The van der Waals surface area contributed by atoms with Gasteiger partial charge in [0.05, 0.1) is 34.3 Å². The zero-order valence-electron chi connectivity index (χ0n) is 15.2. The third-order valence-corrected chi connectivity index (χ3v) is 4.26. The molecule has 0 saturated heterocycles.